The maximum absolute atomic E-state index is 12.0. The van der Waals surface area contributed by atoms with E-state index in [-0.39, 0.29) is 17.9 Å². The lowest BCUT2D eigenvalue weighted by molar-refractivity contribution is -0.119. The lowest BCUT2D eigenvalue weighted by Crippen LogP contribution is -2.46. The summed E-state index contributed by atoms with van der Waals surface area (Å²) in [6.07, 6.45) is 3.25. The van der Waals surface area contributed by atoms with Crippen LogP contribution in [0.15, 0.2) is 18.3 Å². The number of nitrogens with two attached hydrogens (primary N) is 1. The maximum atomic E-state index is 12.0. The van der Waals surface area contributed by atoms with Crippen molar-refractivity contribution < 1.29 is 9.59 Å². The summed E-state index contributed by atoms with van der Waals surface area (Å²) in [5.74, 6) is -0.399. The summed E-state index contributed by atoms with van der Waals surface area (Å²) in [5, 5.41) is 3.01. The molecule has 3 N–H and O–H groups in total. The molecular formula is C14H20N4O2. The van der Waals surface area contributed by atoms with Crippen molar-refractivity contribution in [2.24, 2.45) is 5.73 Å². The van der Waals surface area contributed by atoms with Crippen LogP contribution >= 0.6 is 0 Å². The first-order valence-corrected chi connectivity index (χ1v) is 6.79. The molecule has 0 atom stereocenters. The van der Waals surface area contributed by atoms with Crippen molar-refractivity contribution in [3.8, 4) is 0 Å². The summed E-state index contributed by atoms with van der Waals surface area (Å²) < 4.78 is 0. The van der Waals surface area contributed by atoms with Gasteiger partial charge in [-0.1, -0.05) is 0 Å². The first-order valence-electron chi connectivity index (χ1n) is 6.79. The first-order chi connectivity index (χ1) is 9.54. The fraction of sp³-hybridized carbons (Fsp3) is 0.500. The standard InChI is InChI=1S/C14H20N4O2/c1-10-2-3-11(8-16-10)14(20)17-12-4-6-18(7-5-12)9-13(15)19/h2-3,8,12H,4-7,9H2,1H3,(H2,15,19)(H,17,20). The van der Waals surface area contributed by atoms with Gasteiger partial charge in [0.15, 0.2) is 0 Å². The van der Waals surface area contributed by atoms with Crippen molar-refractivity contribution >= 4 is 11.8 Å². The van der Waals surface area contributed by atoms with Gasteiger partial charge >= 0.3 is 0 Å². The summed E-state index contributed by atoms with van der Waals surface area (Å²) in [4.78, 5) is 29.0. The average Bonchev–Trinajstić information content (AvgIpc) is 2.41. The van der Waals surface area contributed by atoms with Crippen LogP contribution in [-0.2, 0) is 4.79 Å². The second-order valence-electron chi connectivity index (χ2n) is 5.18. The van der Waals surface area contributed by atoms with Crippen molar-refractivity contribution in [1.82, 2.24) is 15.2 Å². The molecule has 0 saturated carbocycles. The van der Waals surface area contributed by atoms with Gasteiger partial charge in [0.1, 0.15) is 0 Å². The zero-order chi connectivity index (χ0) is 14.5. The molecule has 1 aliphatic heterocycles. The van der Waals surface area contributed by atoms with Gasteiger partial charge in [0.05, 0.1) is 12.1 Å². The number of hydrogen-bond acceptors (Lipinski definition) is 4. The number of aryl methyl sites for hydroxylation is 1. The Morgan fingerprint density at radius 2 is 2.10 bits per heavy atom. The van der Waals surface area contributed by atoms with Gasteiger partial charge in [0, 0.05) is 31.0 Å². The summed E-state index contributed by atoms with van der Waals surface area (Å²) in [7, 11) is 0. The number of carbonyl (C=O) groups excluding carboxylic acids is 2. The molecule has 0 radical (unpaired) electrons. The van der Waals surface area contributed by atoms with E-state index in [4.69, 9.17) is 5.73 Å². The lowest BCUT2D eigenvalue weighted by Gasteiger charge is -2.31. The number of pyridine rings is 1. The number of rotatable bonds is 4. The summed E-state index contributed by atoms with van der Waals surface area (Å²) in [6, 6.07) is 3.75. The van der Waals surface area contributed by atoms with E-state index in [0.29, 0.717) is 12.1 Å². The van der Waals surface area contributed by atoms with E-state index in [0.717, 1.165) is 31.6 Å². The number of nitrogens with one attached hydrogen (secondary N) is 1. The molecule has 6 nitrogen and oxygen atoms in total. The van der Waals surface area contributed by atoms with E-state index in [2.05, 4.69) is 10.3 Å². The topological polar surface area (TPSA) is 88.3 Å². The molecule has 0 spiro atoms. The fourth-order valence-electron chi connectivity index (χ4n) is 2.33. The van der Waals surface area contributed by atoms with Gasteiger partial charge in [0.2, 0.25) is 5.91 Å². The van der Waals surface area contributed by atoms with Gasteiger partial charge in [-0.2, -0.15) is 0 Å². The third-order valence-electron chi connectivity index (χ3n) is 3.48. The van der Waals surface area contributed by atoms with Crippen LogP contribution in [0.4, 0.5) is 0 Å². The van der Waals surface area contributed by atoms with E-state index in [1.54, 1.807) is 12.3 Å². The Labute approximate surface area is 118 Å². The molecule has 2 rings (SSSR count). The number of likely N-dealkylation sites (tertiary alicyclic amines) is 1. The average molecular weight is 276 g/mol. The van der Waals surface area contributed by atoms with Crippen molar-refractivity contribution in [3.05, 3.63) is 29.6 Å². The molecular weight excluding hydrogens is 256 g/mol. The van der Waals surface area contributed by atoms with Crippen LogP contribution in [0.1, 0.15) is 28.9 Å². The molecule has 0 unspecified atom stereocenters. The molecule has 0 aromatic carbocycles. The molecule has 0 aliphatic carbocycles. The van der Waals surface area contributed by atoms with E-state index >= 15 is 0 Å². The Bertz CT molecular complexity index is 478. The molecule has 108 valence electrons. The normalized spacial score (nSPS) is 16.9. The zero-order valence-corrected chi connectivity index (χ0v) is 11.6. The number of amides is 2. The number of aromatic nitrogens is 1. The van der Waals surface area contributed by atoms with Crippen LogP contribution in [0.3, 0.4) is 0 Å². The van der Waals surface area contributed by atoms with Gasteiger partial charge < -0.3 is 11.1 Å². The van der Waals surface area contributed by atoms with Crippen molar-refractivity contribution in [3.63, 3.8) is 0 Å². The Morgan fingerprint density at radius 3 is 2.65 bits per heavy atom. The summed E-state index contributed by atoms with van der Waals surface area (Å²) >= 11 is 0. The van der Waals surface area contributed by atoms with E-state index in [1.807, 2.05) is 17.9 Å². The monoisotopic (exact) mass is 276 g/mol. The maximum Gasteiger partial charge on any atom is 0.253 e. The van der Waals surface area contributed by atoms with Crippen LogP contribution in [-0.4, -0.2) is 47.4 Å². The van der Waals surface area contributed by atoms with Crippen LogP contribution in [0.5, 0.6) is 0 Å². The van der Waals surface area contributed by atoms with Gasteiger partial charge in [-0.05, 0) is 31.9 Å². The first kappa shape index (κ1) is 14.5. The fourth-order valence-corrected chi connectivity index (χ4v) is 2.33. The minimum atomic E-state index is -0.307. The number of hydrogen-bond donors (Lipinski definition) is 2. The minimum Gasteiger partial charge on any atom is -0.369 e. The van der Waals surface area contributed by atoms with Gasteiger partial charge in [0.25, 0.3) is 5.91 Å². The summed E-state index contributed by atoms with van der Waals surface area (Å²) in [5.41, 5.74) is 6.64. The molecule has 20 heavy (non-hydrogen) atoms. The molecule has 2 heterocycles. The predicted molar refractivity (Wildman–Crippen MR) is 75.1 cm³/mol. The van der Waals surface area contributed by atoms with E-state index < -0.39 is 0 Å². The van der Waals surface area contributed by atoms with Crippen LogP contribution in [0.2, 0.25) is 0 Å². The Hall–Kier alpha value is -1.95. The highest BCUT2D eigenvalue weighted by atomic mass is 16.2. The molecule has 1 saturated heterocycles. The molecule has 1 aliphatic rings. The Balaban J connectivity index is 1.82. The van der Waals surface area contributed by atoms with Gasteiger partial charge in [-0.15, -0.1) is 0 Å². The molecule has 6 heteroatoms. The lowest BCUT2D eigenvalue weighted by atomic mass is 10.0. The van der Waals surface area contributed by atoms with Gasteiger partial charge in [-0.25, -0.2) is 0 Å². The van der Waals surface area contributed by atoms with Crippen LogP contribution in [0.25, 0.3) is 0 Å². The molecule has 0 bridgehead atoms. The zero-order valence-electron chi connectivity index (χ0n) is 11.6. The number of piperidine rings is 1. The van der Waals surface area contributed by atoms with Crippen molar-refractivity contribution in [1.29, 1.82) is 0 Å². The second-order valence-corrected chi connectivity index (χ2v) is 5.18. The smallest absolute Gasteiger partial charge is 0.253 e. The van der Waals surface area contributed by atoms with Crippen molar-refractivity contribution in [2.75, 3.05) is 19.6 Å². The van der Waals surface area contributed by atoms with E-state index in [9.17, 15) is 9.59 Å². The van der Waals surface area contributed by atoms with Crippen molar-refractivity contribution in [2.45, 2.75) is 25.8 Å². The largest absolute Gasteiger partial charge is 0.369 e. The van der Waals surface area contributed by atoms with Gasteiger partial charge in [-0.3, -0.25) is 19.5 Å². The number of primary amides is 1. The highest BCUT2D eigenvalue weighted by molar-refractivity contribution is 5.94. The molecule has 2 amide bonds. The molecule has 1 aromatic heterocycles. The quantitative estimate of drug-likeness (QED) is 0.814. The molecule has 1 aromatic rings. The third-order valence-corrected chi connectivity index (χ3v) is 3.48. The SMILES string of the molecule is Cc1ccc(C(=O)NC2CCN(CC(N)=O)CC2)cn1. The minimum absolute atomic E-state index is 0.0918. The van der Waals surface area contributed by atoms with Crippen LogP contribution < -0.4 is 11.1 Å². The number of carbonyl (C=O) groups is 2. The van der Waals surface area contributed by atoms with E-state index in [1.165, 1.54) is 0 Å². The Kier molecular flexibility index (Phi) is 4.68. The highest BCUT2D eigenvalue weighted by Crippen LogP contribution is 2.11. The van der Waals surface area contributed by atoms with Crippen LogP contribution in [0, 0.1) is 6.92 Å². The second kappa shape index (κ2) is 6.47. The third kappa shape index (κ3) is 4.03. The summed E-state index contributed by atoms with van der Waals surface area (Å²) in [6.45, 7) is 3.73. The highest BCUT2D eigenvalue weighted by Gasteiger charge is 2.21. The number of nitrogens with zero attached hydrogens (tertiary/aromatic N) is 2. The Morgan fingerprint density at radius 1 is 1.40 bits per heavy atom. The molecule has 1 fully saturated rings. The predicted octanol–water partition coefficient (Wildman–Crippen LogP) is 0.0695.